The van der Waals surface area contributed by atoms with Gasteiger partial charge in [0.2, 0.25) is 0 Å². The van der Waals surface area contributed by atoms with Crippen LogP contribution >= 0.6 is 11.6 Å². The molecule has 4 heterocycles. The van der Waals surface area contributed by atoms with Gasteiger partial charge in [0.05, 0.1) is 34.0 Å². The van der Waals surface area contributed by atoms with Crippen LogP contribution < -0.4 is 0 Å². The van der Waals surface area contributed by atoms with Crippen molar-refractivity contribution in [2.24, 2.45) is 13.0 Å². The van der Waals surface area contributed by atoms with Crippen LogP contribution in [0, 0.1) is 24.5 Å². The Kier molecular flexibility index (Phi) is 5.73. The van der Waals surface area contributed by atoms with Crippen LogP contribution in [0.5, 0.6) is 0 Å². The zero-order valence-corrected chi connectivity index (χ0v) is 20.6. The van der Waals surface area contributed by atoms with Gasteiger partial charge in [-0.2, -0.15) is 0 Å². The molecule has 1 aliphatic rings. The highest BCUT2D eigenvalue weighted by molar-refractivity contribution is 6.32. The number of rotatable bonds is 4. The Bertz CT molecular complexity index is 1570. The molecule has 1 unspecified atom stereocenters. The van der Waals surface area contributed by atoms with Crippen LogP contribution in [0.4, 0.5) is 8.78 Å². The predicted molar refractivity (Wildman–Crippen MR) is 135 cm³/mol. The Morgan fingerprint density at radius 1 is 1.11 bits per heavy atom. The molecule has 0 N–H and O–H groups in total. The number of ether oxygens (including phenoxy) is 1. The summed E-state index contributed by atoms with van der Waals surface area (Å²) in [4.78, 5) is 4.71. The number of hydrogen-bond donors (Lipinski definition) is 0. The number of fused-ring (bicyclic) bond motifs is 3. The van der Waals surface area contributed by atoms with E-state index in [1.165, 1.54) is 6.07 Å². The van der Waals surface area contributed by atoms with Crippen LogP contribution in [0.15, 0.2) is 48.7 Å². The molecule has 1 aliphatic heterocycles. The quantitative estimate of drug-likeness (QED) is 0.270. The fourth-order valence-electron chi connectivity index (χ4n) is 5.55. The molecule has 5 aromatic rings. The van der Waals surface area contributed by atoms with Crippen molar-refractivity contribution in [3.05, 3.63) is 76.6 Å². The first-order valence-corrected chi connectivity index (χ1v) is 12.3. The lowest BCUT2D eigenvalue weighted by Gasteiger charge is -2.33. The minimum atomic E-state index is -0.805. The summed E-state index contributed by atoms with van der Waals surface area (Å²) in [5, 5.41) is 8.17. The van der Waals surface area contributed by atoms with Gasteiger partial charge in [-0.3, -0.25) is 4.98 Å². The summed E-state index contributed by atoms with van der Waals surface area (Å²) >= 11 is 6.12. The minimum absolute atomic E-state index is 0.173. The summed E-state index contributed by atoms with van der Waals surface area (Å²) in [6.45, 7) is 3.14. The first-order chi connectivity index (χ1) is 17.5. The molecular weight excluding hydrogens is 484 g/mol. The third-order valence-electron chi connectivity index (χ3n) is 7.16. The van der Waals surface area contributed by atoms with Gasteiger partial charge < -0.3 is 9.30 Å². The smallest absolute Gasteiger partial charge is 0.169 e. The van der Waals surface area contributed by atoms with Crippen molar-refractivity contribution >= 4 is 33.5 Å². The molecule has 1 saturated heterocycles. The molecule has 3 aromatic heterocycles. The van der Waals surface area contributed by atoms with E-state index in [0.29, 0.717) is 29.6 Å². The second kappa shape index (κ2) is 8.94. The van der Waals surface area contributed by atoms with Crippen molar-refractivity contribution in [2.75, 3.05) is 13.2 Å². The molecule has 0 aliphatic carbocycles. The van der Waals surface area contributed by atoms with Gasteiger partial charge in [0.25, 0.3) is 0 Å². The highest BCUT2D eigenvalue weighted by Gasteiger charge is 2.32. The molecule has 2 aromatic carbocycles. The van der Waals surface area contributed by atoms with E-state index in [9.17, 15) is 4.39 Å². The number of halogens is 3. The average molecular weight is 508 g/mol. The molecule has 0 saturated carbocycles. The van der Waals surface area contributed by atoms with Crippen LogP contribution in [0.1, 0.15) is 30.1 Å². The summed E-state index contributed by atoms with van der Waals surface area (Å²) in [6.07, 6.45) is 3.33. The van der Waals surface area contributed by atoms with E-state index in [1.54, 1.807) is 10.9 Å². The Morgan fingerprint density at radius 2 is 1.86 bits per heavy atom. The van der Waals surface area contributed by atoms with Gasteiger partial charge in [-0.05, 0) is 43.4 Å². The maximum absolute atomic E-state index is 15.8. The maximum Gasteiger partial charge on any atom is 0.169 e. The molecule has 1 atom stereocenters. The Balaban J connectivity index is 1.73. The third kappa shape index (κ3) is 3.59. The maximum atomic E-state index is 15.8. The van der Waals surface area contributed by atoms with E-state index in [-0.39, 0.29) is 17.5 Å². The van der Waals surface area contributed by atoms with Crippen LogP contribution in [0.25, 0.3) is 33.2 Å². The topological polar surface area (TPSA) is 57.8 Å². The lowest BCUT2D eigenvalue weighted by molar-refractivity contribution is 0.0552. The molecule has 0 radical (unpaired) electrons. The number of hydrogen-bond acceptors (Lipinski definition) is 4. The van der Waals surface area contributed by atoms with Crippen LogP contribution in [0.2, 0.25) is 5.02 Å². The molecule has 9 heteroatoms. The van der Waals surface area contributed by atoms with Gasteiger partial charge >= 0.3 is 0 Å². The van der Waals surface area contributed by atoms with Crippen molar-refractivity contribution < 1.29 is 13.5 Å². The van der Waals surface area contributed by atoms with Gasteiger partial charge in [0, 0.05) is 37.4 Å². The molecule has 184 valence electrons. The van der Waals surface area contributed by atoms with E-state index >= 15 is 4.39 Å². The molecule has 36 heavy (non-hydrogen) atoms. The molecule has 0 amide bonds. The Hall–Kier alpha value is -3.36. The summed E-state index contributed by atoms with van der Waals surface area (Å²) in [5.41, 5.74) is 4.86. The van der Waals surface area contributed by atoms with Crippen LogP contribution in [0.3, 0.4) is 0 Å². The van der Waals surface area contributed by atoms with Crippen LogP contribution in [-0.4, -0.2) is 37.8 Å². The summed E-state index contributed by atoms with van der Waals surface area (Å²) in [5.74, 6) is -1.41. The lowest BCUT2D eigenvalue weighted by atomic mass is 9.86. The fourth-order valence-corrected chi connectivity index (χ4v) is 5.70. The van der Waals surface area contributed by atoms with Gasteiger partial charge in [-0.1, -0.05) is 47.1 Å². The largest absolute Gasteiger partial charge is 0.381 e. The van der Waals surface area contributed by atoms with Crippen molar-refractivity contribution in [1.82, 2.24) is 24.5 Å². The van der Waals surface area contributed by atoms with Gasteiger partial charge in [0.15, 0.2) is 5.82 Å². The Labute approximate surface area is 211 Å². The minimum Gasteiger partial charge on any atom is -0.381 e. The van der Waals surface area contributed by atoms with E-state index in [4.69, 9.17) is 21.3 Å². The van der Waals surface area contributed by atoms with Crippen molar-refractivity contribution in [2.45, 2.75) is 25.8 Å². The van der Waals surface area contributed by atoms with E-state index in [1.807, 2.05) is 54.9 Å². The first kappa shape index (κ1) is 23.1. The SMILES string of the molecule is Cc1nnn(C)c1-c1cnc2c3cc(F)c(Cl)c(F)c3n(C(c3ccccc3)C3CCOCC3)c2c1. The summed E-state index contributed by atoms with van der Waals surface area (Å²) in [7, 11) is 1.82. The molecule has 0 bridgehead atoms. The first-order valence-electron chi connectivity index (χ1n) is 11.9. The Morgan fingerprint density at radius 3 is 2.56 bits per heavy atom. The van der Waals surface area contributed by atoms with Crippen LogP contribution in [-0.2, 0) is 11.8 Å². The predicted octanol–water partition coefficient (Wildman–Crippen LogP) is 6.24. The van der Waals surface area contributed by atoms with Gasteiger partial charge in [-0.15, -0.1) is 5.10 Å². The highest BCUT2D eigenvalue weighted by Crippen LogP contribution is 2.43. The average Bonchev–Trinajstić information content (AvgIpc) is 3.40. The fraction of sp³-hybridized carbons (Fsp3) is 0.296. The van der Waals surface area contributed by atoms with E-state index in [0.717, 1.165) is 35.4 Å². The van der Waals surface area contributed by atoms with Crippen molar-refractivity contribution in [3.63, 3.8) is 0 Å². The van der Waals surface area contributed by atoms with E-state index < -0.39 is 16.7 Å². The molecule has 6 rings (SSSR count). The zero-order valence-electron chi connectivity index (χ0n) is 19.9. The van der Waals surface area contributed by atoms with Crippen molar-refractivity contribution in [1.29, 1.82) is 0 Å². The number of aryl methyl sites for hydroxylation is 2. The van der Waals surface area contributed by atoms with Gasteiger partial charge in [0.1, 0.15) is 10.8 Å². The normalized spacial score (nSPS) is 15.7. The molecular formula is C27H24ClF2N5O. The number of aromatic nitrogens is 5. The highest BCUT2D eigenvalue weighted by atomic mass is 35.5. The third-order valence-corrected chi connectivity index (χ3v) is 7.51. The molecule has 6 nitrogen and oxygen atoms in total. The zero-order chi connectivity index (χ0) is 25.0. The summed E-state index contributed by atoms with van der Waals surface area (Å²) < 4.78 is 39.8. The second-order valence-electron chi connectivity index (χ2n) is 9.30. The van der Waals surface area contributed by atoms with Crippen molar-refractivity contribution in [3.8, 4) is 11.3 Å². The lowest BCUT2D eigenvalue weighted by Crippen LogP contribution is -2.27. The molecule has 1 fully saturated rings. The number of nitrogens with zero attached hydrogens (tertiary/aromatic N) is 5. The number of benzene rings is 2. The second-order valence-corrected chi connectivity index (χ2v) is 9.67. The van der Waals surface area contributed by atoms with Gasteiger partial charge in [-0.25, -0.2) is 13.5 Å². The standard InChI is InChI=1S/C27H24ClF2N5O/c1-15-25(34(2)33-32-15)18-12-21-24(31-14-18)19-13-20(29)22(28)23(30)27(19)35(21)26(16-6-4-3-5-7-16)17-8-10-36-11-9-17/h3-7,12-14,17,26H,8-11H2,1-2H3. The summed E-state index contributed by atoms with van der Waals surface area (Å²) in [6, 6.07) is 13.0. The number of pyridine rings is 1. The van der Waals surface area contributed by atoms with E-state index in [2.05, 4.69) is 10.3 Å². The monoisotopic (exact) mass is 507 g/mol. The molecule has 0 spiro atoms.